The van der Waals surface area contributed by atoms with E-state index in [2.05, 4.69) is 20.6 Å². The molecule has 1 heterocycles. The molecule has 1 aliphatic rings. The summed E-state index contributed by atoms with van der Waals surface area (Å²) in [5, 5.41) is 6.15. The number of rotatable bonds is 7. The molecule has 20 heavy (non-hydrogen) atoms. The molecular weight excluding hydrogens is 254 g/mol. The second-order valence-electron chi connectivity index (χ2n) is 4.94. The van der Waals surface area contributed by atoms with E-state index in [0.29, 0.717) is 11.7 Å². The van der Waals surface area contributed by atoms with Gasteiger partial charge in [-0.15, -0.1) is 0 Å². The van der Waals surface area contributed by atoms with Gasteiger partial charge < -0.3 is 15.5 Å². The Bertz CT molecular complexity index is 469. The van der Waals surface area contributed by atoms with E-state index in [-0.39, 0.29) is 12.5 Å². The van der Waals surface area contributed by atoms with Gasteiger partial charge in [-0.25, -0.2) is 9.97 Å². The lowest BCUT2D eigenvalue weighted by atomic mass is 10.3. The van der Waals surface area contributed by atoms with E-state index >= 15 is 0 Å². The number of hydrogen-bond donors (Lipinski definition) is 2. The fourth-order valence-corrected chi connectivity index (χ4v) is 2.06. The Kier molecular flexibility index (Phi) is 4.76. The van der Waals surface area contributed by atoms with Gasteiger partial charge in [0, 0.05) is 32.1 Å². The highest BCUT2D eigenvalue weighted by atomic mass is 16.2. The van der Waals surface area contributed by atoms with Gasteiger partial charge in [0.05, 0.1) is 6.54 Å². The second-order valence-corrected chi connectivity index (χ2v) is 4.94. The highest BCUT2D eigenvalue weighted by Crippen LogP contribution is 2.38. The quantitative estimate of drug-likeness (QED) is 0.793. The van der Waals surface area contributed by atoms with Crippen LogP contribution in [0.1, 0.15) is 38.4 Å². The van der Waals surface area contributed by atoms with Crippen molar-refractivity contribution in [1.82, 2.24) is 14.9 Å². The molecule has 1 amide bonds. The molecule has 0 atom stereocenters. The Balaban J connectivity index is 2.01. The first-order chi connectivity index (χ1) is 9.67. The van der Waals surface area contributed by atoms with Crippen LogP contribution in [0, 0.1) is 0 Å². The summed E-state index contributed by atoms with van der Waals surface area (Å²) in [6.07, 6.45) is 2.32. The zero-order valence-electron chi connectivity index (χ0n) is 12.4. The van der Waals surface area contributed by atoms with Crippen molar-refractivity contribution in [2.45, 2.75) is 32.6 Å². The van der Waals surface area contributed by atoms with Gasteiger partial charge >= 0.3 is 0 Å². The Labute approximate surface area is 120 Å². The number of carbonyl (C=O) groups excluding carboxylic acids is 1. The van der Waals surface area contributed by atoms with Gasteiger partial charge in [0.2, 0.25) is 5.91 Å². The molecule has 1 aromatic heterocycles. The fraction of sp³-hybridized carbons (Fsp3) is 0.643. The number of hydrogen-bond acceptors (Lipinski definition) is 5. The highest BCUT2D eigenvalue weighted by Gasteiger charge is 2.27. The topological polar surface area (TPSA) is 70.2 Å². The molecule has 2 rings (SSSR count). The molecule has 1 fully saturated rings. The number of nitrogens with zero attached hydrogens (tertiary/aromatic N) is 3. The molecule has 0 unspecified atom stereocenters. The molecule has 6 heteroatoms. The van der Waals surface area contributed by atoms with Crippen LogP contribution in [0.4, 0.5) is 11.6 Å². The summed E-state index contributed by atoms with van der Waals surface area (Å²) in [5.74, 6) is 2.95. The lowest BCUT2D eigenvalue weighted by Gasteiger charge is -2.19. The van der Waals surface area contributed by atoms with Crippen LogP contribution in [-0.2, 0) is 4.79 Å². The van der Waals surface area contributed by atoms with E-state index in [0.717, 1.165) is 37.6 Å². The number of nitrogens with one attached hydrogen (secondary N) is 2. The number of amides is 1. The van der Waals surface area contributed by atoms with Crippen molar-refractivity contribution in [3.63, 3.8) is 0 Å². The summed E-state index contributed by atoms with van der Waals surface area (Å²) >= 11 is 0. The molecule has 2 N–H and O–H groups in total. The van der Waals surface area contributed by atoms with Crippen LogP contribution >= 0.6 is 0 Å². The Morgan fingerprint density at radius 1 is 1.30 bits per heavy atom. The van der Waals surface area contributed by atoms with Crippen molar-refractivity contribution in [1.29, 1.82) is 0 Å². The van der Waals surface area contributed by atoms with E-state index in [1.165, 1.54) is 0 Å². The minimum absolute atomic E-state index is 0.0904. The van der Waals surface area contributed by atoms with E-state index in [4.69, 9.17) is 0 Å². The van der Waals surface area contributed by atoms with Gasteiger partial charge in [0.25, 0.3) is 0 Å². The Morgan fingerprint density at radius 3 is 2.50 bits per heavy atom. The summed E-state index contributed by atoms with van der Waals surface area (Å²) < 4.78 is 0. The zero-order chi connectivity index (χ0) is 14.5. The van der Waals surface area contributed by atoms with Crippen LogP contribution in [0.25, 0.3) is 0 Å². The molecule has 0 aromatic carbocycles. The smallest absolute Gasteiger partial charge is 0.241 e. The van der Waals surface area contributed by atoms with E-state index in [9.17, 15) is 4.79 Å². The Hall–Kier alpha value is -1.85. The maximum absolute atomic E-state index is 12.0. The molecule has 1 aromatic rings. The average molecular weight is 277 g/mol. The van der Waals surface area contributed by atoms with Crippen molar-refractivity contribution >= 4 is 17.5 Å². The van der Waals surface area contributed by atoms with Crippen molar-refractivity contribution in [3.8, 4) is 0 Å². The standard InChI is InChI=1S/C14H23N5O/c1-4-19(5-2)13(20)9-16-12-8-11(15-3)17-14(18-12)10-6-7-10/h8,10H,4-7,9H2,1-3H3,(H2,15,16,17,18). The van der Waals surface area contributed by atoms with Crippen LogP contribution in [-0.4, -0.2) is 47.5 Å². The van der Waals surface area contributed by atoms with Crippen LogP contribution in [0.15, 0.2) is 6.07 Å². The monoisotopic (exact) mass is 277 g/mol. The molecule has 0 radical (unpaired) electrons. The van der Waals surface area contributed by atoms with Crippen molar-refractivity contribution in [2.75, 3.05) is 37.3 Å². The Morgan fingerprint density at radius 2 is 1.95 bits per heavy atom. The second kappa shape index (κ2) is 6.54. The highest BCUT2D eigenvalue weighted by molar-refractivity contribution is 5.80. The van der Waals surface area contributed by atoms with Crippen molar-refractivity contribution in [2.24, 2.45) is 0 Å². The van der Waals surface area contributed by atoms with Crippen molar-refractivity contribution < 1.29 is 4.79 Å². The normalized spacial score (nSPS) is 13.9. The molecule has 1 saturated carbocycles. The van der Waals surface area contributed by atoms with Crippen molar-refractivity contribution in [3.05, 3.63) is 11.9 Å². The van der Waals surface area contributed by atoms with Gasteiger partial charge in [-0.2, -0.15) is 0 Å². The van der Waals surface area contributed by atoms with Crippen LogP contribution in [0.3, 0.4) is 0 Å². The lowest BCUT2D eigenvalue weighted by Crippen LogP contribution is -2.35. The molecule has 0 bridgehead atoms. The third kappa shape index (κ3) is 3.59. The van der Waals surface area contributed by atoms with Gasteiger partial charge in [0.1, 0.15) is 17.5 Å². The zero-order valence-corrected chi connectivity index (χ0v) is 12.4. The number of carbonyl (C=O) groups is 1. The van der Waals surface area contributed by atoms with Gasteiger partial charge in [-0.05, 0) is 26.7 Å². The summed E-state index contributed by atoms with van der Waals surface area (Å²) in [5.41, 5.74) is 0. The predicted molar refractivity (Wildman–Crippen MR) is 80.0 cm³/mol. The summed E-state index contributed by atoms with van der Waals surface area (Å²) in [7, 11) is 1.84. The number of aromatic nitrogens is 2. The third-order valence-electron chi connectivity index (χ3n) is 3.48. The minimum atomic E-state index is 0.0904. The largest absolute Gasteiger partial charge is 0.373 e. The SMILES string of the molecule is CCN(CC)C(=O)CNc1cc(NC)nc(C2CC2)n1. The van der Waals surface area contributed by atoms with Crippen LogP contribution < -0.4 is 10.6 Å². The number of likely N-dealkylation sites (N-methyl/N-ethyl adjacent to an activating group) is 1. The average Bonchev–Trinajstić information content (AvgIpc) is 3.30. The minimum Gasteiger partial charge on any atom is -0.373 e. The molecule has 0 aliphatic heterocycles. The lowest BCUT2D eigenvalue weighted by molar-refractivity contribution is -0.128. The maximum Gasteiger partial charge on any atom is 0.241 e. The van der Waals surface area contributed by atoms with Gasteiger partial charge in [-0.1, -0.05) is 0 Å². The molecule has 1 aliphatic carbocycles. The molecular formula is C14H23N5O. The summed E-state index contributed by atoms with van der Waals surface area (Å²) in [6.45, 7) is 5.70. The maximum atomic E-state index is 12.0. The summed E-state index contributed by atoms with van der Waals surface area (Å²) in [4.78, 5) is 22.7. The van der Waals surface area contributed by atoms with Gasteiger partial charge in [0.15, 0.2) is 0 Å². The van der Waals surface area contributed by atoms with Crippen LogP contribution in [0.2, 0.25) is 0 Å². The molecule has 110 valence electrons. The molecule has 0 spiro atoms. The molecule has 6 nitrogen and oxygen atoms in total. The predicted octanol–water partition coefficient (Wildman–Crippen LogP) is 1.68. The fourth-order valence-electron chi connectivity index (χ4n) is 2.06. The summed E-state index contributed by atoms with van der Waals surface area (Å²) in [6, 6.07) is 1.83. The van der Waals surface area contributed by atoms with Gasteiger partial charge in [-0.3, -0.25) is 4.79 Å². The first-order valence-electron chi connectivity index (χ1n) is 7.26. The van der Waals surface area contributed by atoms with E-state index in [1.54, 1.807) is 4.90 Å². The third-order valence-corrected chi connectivity index (χ3v) is 3.48. The first kappa shape index (κ1) is 14.6. The number of anilines is 2. The molecule has 0 saturated heterocycles. The first-order valence-corrected chi connectivity index (χ1v) is 7.26. The van der Waals surface area contributed by atoms with Crippen LogP contribution in [0.5, 0.6) is 0 Å². The van der Waals surface area contributed by atoms with E-state index in [1.807, 2.05) is 27.0 Å². The van der Waals surface area contributed by atoms with E-state index < -0.39 is 0 Å².